The lowest BCUT2D eigenvalue weighted by molar-refractivity contribution is -0.139. The number of anilines is 1. The van der Waals surface area contributed by atoms with Gasteiger partial charge in [-0.3, -0.25) is 19.2 Å². The molecular formula is C26H38N4O7S. The molecule has 3 amide bonds. The summed E-state index contributed by atoms with van der Waals surface area (Å²) in [5.74, 6) is -1.84. The number of rotatable bonds is 12. The molecular weight excluding hydrogens is 512 g/mol. The van der Waals surface area contributed by atoms with Crippen LogP contribution in [0.3, 0.4) is 0 Å². The first kappa shape index (κ1) is 29.9. The van der Waals surface area contributed by atoms with Crippen molar-refractivity contribution in [2.45, 2.75) is 57.0 Å². The molecule has 2 saturated heterocycles. The summed E-state index contributed by atoms with van der Waals surface area (Å²) in [5.41, 5.74) is -0.198. The molecule has 1 unspecified atom stereocenters. The third kappa shape index (κ3) is 7.68. The van der Waals surface area contributed by atoms with E-state index in [1.165, 1.54) is 13.8 Å². The molecule has 3 rings (SSSR count). The first-order chi connectivity index (χ1) is 18.0. The second-order valence-electron chi connectivity index (χ2n) is 10.5. The van der Waals surface area contributed by atoms with Crippen molar-refractivity contribution in [3.8, 4) is 0 Å². The lowest BCUT2D eigenvalue weighted by Gasteiger charge is -2.31. The number of carbonyl (C=O) groups excluding carboxylic acids is 4. The van der Waals surface area contributed by atoms with Gasteiger partial charge < -0.3 is 25.7 Å². The summed E-state index contributed by atoms with van der Waals surface area (Å²) in [6.07, 6.45) is 1.21. The number of nitrogens with zero attached hydrogens (tertiary/aromatic N) is 2. The van der Waals surface area contributed by atoms with Gasteiger partial charge in [0, 0.05) is 56.7 Å². The summed E-state index contributed by atoms with van der Waals surface area (Å²) in [4.78, 5) is 50.6. The van der Waals surface area contributed by atoms with Crippen LogP contribution in [0, 0.1) is 11.3 Å². The van der Waals surface area contributed by atoms with Gasteiger partial charge in [-0.1, -0.05) is 13.8 Å². The number of ketones is 1. The molecule has 0 aliphatic carbocycles. The van der Waals surface area contributed by atoms with Gasteiger partial charge in [0.05, 0.1) is 11.5 Å². The fourth-order valence-electron chi connectivity index (χ4n) is 4.38. The van der Waals surface area contributed by atoms with Crippen molar-refractivity contribution in [1.29, 1.82) is 0 Å². The third-order valence-electron chi connectivity index (χ3n) is 7.08. The highest BCUT2D eigenvalue weighted by atomic mass is 32.2. The highest BCUT2D eigenvalue weighted by Gasteiger charge is 2.33. The third-order valence-corrected chi connectivity index (χ3v) is 8.59. The molecule has 11 nitrogen and oxygen atoms in total. The lowest BCUT2D eigenvalue weighted by atomic mass is 9.87. The van der Waals surface area contributed by atoms with Gasteiger partial charge in [-0.2, -0.15) is 0 Å². The van der Waals surface area contributed by atoms with Crippen LogP contribution in [0.25, 0.3) is 0 Å². The van der Waals surface area contributed by atoms with Crippen LogP contribution >= 0.6 is 0 Å². The van der Waals surface area contributed by atoms with E-state index in [-0.39, 0.29) is 31.4 Å². The number of amides is 3. The number of hydrogen-bond donors (Lipinski definition) is 4. The molecule has 2 aliphatic rings. The maximum Gasteiger partial charge on any atom is 0.287 e. The predicted octanol–water partition coefficient (Wildman–Crippen LogP) is 0.119. The van der Waals surface area contributed by atoms with E-state index in [0.717, 1.165) is 24.9 Å². The average molecular weight is 551 g/mol. The molecule has 0 radical (unpaired) electrons. The van der Waals surface area contributed by atoms with Crippen LogP contribution in [0.4, 0.5) is 5.69 Å². The molecule has 0 aromatic heterocycles. The topological polar surface area (TPSA) is 156 Å². The minimum Gasteiger partial charge on any atom is -0.396 e. The smallest absolute Gasteiger partial charge is 0.287 e. The van der Waals surface area contributed by atoms with Crippen molar-refractivity contribution in [3.63, 3.8) is 0 Å². The Bertz CT molecular complexity index is 1040. The Morgan fingerprint density at radius 3 is 2.34 bits per heavy atom. The number of aliphatic hydroxyl groups excluding tert-OH is 2. The Morgan fingerprint density at radius 1 is 1.11 bits per heavy atom. The average Bonchev–Trinajstić information content (AvgIpc) is 3.36. The zero-order valence-electron chi connectivity index (χ0n) is 22.0. The Kier molecular flexibility index (Phi) is 10.5. The highest BCUT2D eigenvalue weighted by Crippen LogP contribution is 2.25. The van der Waals surface area contributed by atoms with Crippen molar-refractivity contribution in [3.05, 3.63) is 24.3 Å². The van der Waals surface area contributed by atoms with Crippen LogP contribution in [-0.4, -0.2) is 87.7 Å². The number of hydrogen-bond acceptors (Lipinski definition) is 7. The molecule has 2 atom stereocenters. The summed E-state index contributed by atoms with van der Waals surface area (Å²) in [6, 6.07) is 7.26. The SMILES string of the molecule is CC(C)(CO)[C@@H](O)C(=O)NCCC(=O)C(=O)NCC1CCN(S(=O)c2ccc(N3CCCC3=O)cc2)CC1. The monoisotopic (exact) mass is 550 g/mol. The Hall–Kier alpha value is -2.67. The molecule has 2 aliphatic heterocycles. The molecule has 1 aromatic rings. The van der Waals surface area contributed by atoms with E-state index in [2.05, 4.69) is 10.6 Å². The zero-order chi connectivity index (χ0) is 27.9. The van der Waals surface area contributed by atoms with Gasteiger partial charge in [-0.25, -0.2) is 8.51 Å². The summed E-state index contributed by atoms with van der Waals surface area (Å²) >= 11 is 0. The maximum atomic E-state index is 13.0. The van der Waals surface area contributed by atoms with Crippen LogP contribution in [0.2, 0.25) is 0 Å². The Balaban J connectivity index is 1.35. The molecule has 4 N–H and O–H groups in total. The minimum absolute atomic E-state index is 0.0941. The number of benzene rings is 1. The van der Waals surface area contributed by atoms with Crippen molar-refractivity contribution >= 4 is 40.2 Å². The van der Waals surface area contributed by atoms with Crippen LogP contribution in [0.5, 0.6) is 0 Å². The molecule has 2 heterocycles. The molecule has 0 spiro atoms. The maximum absolute atomic E-state index is 13.0. The summed E-state index contributed by atoms with van der Waals surface area (Å²) in [5, 5.41) is 24.2. The normalized spacial score (nSPS) is 18.7. The van der Waals surface area contributed by atoms with Crippen molar-refractivity contribution in [1.82, 2.24) is 14.9 Å². The van der Waals surface area contributed by atoms with Gasteiger partial charge >= 0.3 is 0 Å². The fourth-order valence-corrected chi connectivity index (χ4v) is 5.59. The van der Waals surface area contributed by atoms with Crippen molar-refractivity contribution in [2.75, 3.05) is 44.2 Å². The largest absolute Gasteiger partial charge is 0.396 e. The number of nitrogens with one attached hydrogen (secondary N) is 2. The summed E-state index contributed by atoms with van der Waals surface area (Å²) in [6.45, 7) is 4.82. The molecule has 12 heteroatoms. The molecule has 38 heavy (non-hydrogen) atoms. The second kappa shape index (κ2) is 13.4. The number of Topliss-reactive ketones (excluding diaryl/α,β-unsaturated/α-hetero) is 1. The van der Waals surface area contributed by atoms with Gasteiger partial charge in [0.1, 0.15) is 17.1 Å². The van der Waals surface area contributed by atoms with Crippen LogP contribution in [0.15, 0.2) is 29.2 Å². The highest BCUT2D eigenvalue weighted by molar-refractivity contribution is 7.82. The van der Waals surface area contributed by atoms with Crippen LogP contribution < -0.4 is 15.5 Å². The predicted molar refractivity (Wildman–Crippen MR) is 141 cm³/mol. The molecule has 0 bridgehead atoms. The van der Waals surface area contributed by atoms with E-state index < -0.39 is 40.1 Å². The van der Waals surface area contributed by atoms with E-state index in [4.69, 9.17) is 0 Å². The number of piperidine rings is 1. The lowest BCUT2D eigenvalue weighted by Crippen LogP contribution is -2.46. The summed E-state index contributed by atoms with van der Waals surface area (Å²) in [7, 11) is -1.32. The Labute approximate surface area is 225 Å². The minimum atomic E-state index is -1.43. The Morgan fingerprint density at radius 2 is 1.76 bits per heavy atom. The van der Waals surface area contributed by atoms with E-state index >= 15 is 0 Å². The van der Waals surface area contributed by atoms with E-state index in [0.29, 0.717) is 37.5 Å². The van der Waals surface area contributed by atoms with Gasteiger partial charge in [-0.05, 0) is 49.4 Å². The van der Waals surface area contributed by atoms with Crippen LogP contribution in [0.1, 0.15) is 46.0 Å². The van der Waals surface area contributed by atoms with Crippen molar-refractivity contribution < 1.29 is 33.6 Å². The first-order valence-corrected chi connectivity index (χ1v) is 14.1. The van der Waals surface area contributed by atoms with E-state index in [1.807, 2.05) is 16.4 Å². The van der Waals surface area contributed by atoms with Gasteiger partial charge in [0.25, 0.3) is 5.91 Å². The first-order valence-electron chi connectivity index (χ1n) is 13.0. The second-order valence-corrected chi connectivity index (χ2v) is 12.0. The number of carbonyl (C=O) groups is 4. The quantitative estimate of drug-likeness (QED) is 0.269. The standard InChI is InChI=1S/C26H38N4O7S/c1-26(2,17-31)23(34)25(36)27-12-9-21(32)24(35)28-16-18-10-14-29(15-11-18)38(37)20-7-5-19(6-8-20)30-13-3-4-22(30)33/h5-8,18,23,31,34H,3-4,9-17H2,1-2H3,(H,27,36)(H,28,35)/t23-,38?/m0/s1. The molecule has 1 aromatic carbocycles. The van der Waals surface area contributed by atoms with E-state index in [9.17, 15) is 33.6 Å². The molecule has 2 fully saturated rings. The van der Waals surface area contributed by atoms with Gasteiger partial charge in [0.15, 0.2) is 0 Å². The van der Waals surface area contributed by atoms with Gasteiger partial charge in [0.2, 0.25) is 17.6 Å². The fraction of sp³-hybridized carbons (Fsp3) is 0.615. The summed E-state index contributed by atoms with van der Waals surface area (Å²) < 4.78 is 14.9. The zero-order valence-corrected chi connectivity index (χ0v) is 22.8. The molecule has 0 saturated carbocycles. The van der Waals surface area contributed by atoms with Crippen molar-refractivity contribution in [2.24, 2.45) is 11.3 Å². The van der Waals surface area contributed by atoms with Crippen LogP contribution in [-0.2, 0) is 30.2 Å². The molecule has 210 valence electrons. The number of aliphatic hydroxyl groups is 2. The van der Waals surface area contributed by atoms with E-state index in [1.54, 1.807) is 17.0 Å². The van der Waals surface area contributed by atoms with Gasteiger partial charge in [-0.15, -0.1) is 0 Å².